The number of hydrogen-bond donors (Lipinski definition) is 0. The molecule has 0 N–H and O–H groups in total. The molecule has 0 saturated heterocycles. The fourth-order valence-corrected chi connectivity index (χ4v) is 3.79. The Balaban J connectivity index is 1.73. The molecule has 0 spiro atoms. The number of carbonyl (C=O) groups excluding carboxylic acids is 1. The smallest absolute Gasteiger partial charge is 0.433 e. The molecule has 0 fully saturated rings. The van der Waals surface area contributed by atoms with E-state index in [1.807, 2.05) is 4.90 Å². The van der Waals surface area contributed by atoms with E-state index in [0.29, 0.717) is 46.5 Å². The van der Waals surface area contributed by atoms with E-state index >= 15 is 0 Å². The number of hydrogen-bond acceptors (Lipinski definition) is 5. The Hall–Kier alpha value is -3.03. The number of carbonyl (C=O) groups is 1. The molecule has 0 atom stereocenters. The molecule has 1 aliphatic heterocycles. The Kier molecular flexibility index (Phi) is 4.72. The first-order valence-electron chi connectivity index (χ1n) is 9.28. The van der Waals surface area contributed by atoms with Crippen molar-refractivity contribution in [2.45, 2.75) is 33.0 Å². The van der Waals surface area contributed by atoms with Crippen molar-refractivity contribution in [1.82, 2.24) is 4.98 Å². The van der Waals surface area contributed by atoms with Crippen molar-refractivity contribution in [2.75, 3.05) is 18.1 Å². The zero-order valence-electron chi connectivity index (χ0n) is 16.0. The number of furan rings is 1. The van der Waals surface area contributed by atoms with Gasteiger partial charge in [0.05, 0.1) is 6.61 Å². The van der Waals surface area contributed by atoms with Gasteiger partial charge in [-0.2, -0.15) is 13.2 Å². The zero-order valence-corrected chi connectivity index (χ0v) is 16.0. The van der Waals surface area contributed by atoms with Crippen LogP contribution in [0.5, 0.6) is 0 Å². The average Bonchev–Trinajstić information content (AvgIpc) is 3.01. The lowest BCUT2D eigenvalue weighted by Crippen LogP contribution is -2.32. The number of esters is 1. The summed E-state index contributed by atoms with van der Waals surface area (Å²) >= 11 is 0. The third kappa shape index (κ3) is 3.43. The summed E-state index contributed by atoms with van der Waals surface area (Å²) in [5, 5.41) is 0.589. The summed E-state index contributed by atoms with van der Waals surface area (Å²) in [5.41, 5.74) is 1.61. The van der Waals surface area contributed by atoms with Crippen LogP contribution in [0.2, 0.25) is 0 Å². The van der Waals surface area contributed by atoms with Gasteiger partial charge in [-0.3, -0.25) is 4.98 Å². The van der Waals surface area contributed by atoms with Crippen LogP contribution in [0.4, 0.5) is 18.9 Å². The summed E-state index contributed by atoms with van der Waals surface area (Å²) in [7, 11) is 0. The Morgan fingerprint density at radius 2 is 2.10 bits per heavy atom. The molecule has 0 aliphatic carbocycles. The third-order valence-corrected chi connectivity index (χ3v) is 5.11. The number of aryl methyl sites for hydroxylation is 1. The van der Waals surface area contributed by atoms with Crippen LogP contribution in [0, 0.1) is 6.92 Å². The largest absolute Gasteiger partial charge is 0.462 e. The van der Waals surface area contributed by atoms with Gasteiger partial charge in [-0.1, -0.05) is 0 Å². The molecule has 8 heteroatoms. The quantitative estimate of drug-likeness (QED) is 0.582. The number of pyridine rings is 1. The molecule has 0 unspecified atom stereocenters. The van der Waals surface area contributed by atoms with Gasteiger partial charge in [0.25, 0.3) is 0 Å². The van der Waals surface area contributed by atoms with E-state index in [1.54, 1.807) is 38.1 Å². The van der Waals surface area contributed by atoms with Gasteiger partial charge in [-0.15, -0.1) is 0 Å². The van der Waals surface area contributed by atoms with Crippen molar-refractivity contribution < 1.29 is 27.1 Å². The molecule has 1 aromatic carbocycles. The monoisotopic (exact) mass is 404 g/mol. The number of rotatable bonds is 3. The predicted molar refractivity (Wildman–Crippen MR) is 101 cm³/mol. The van der Waals surface area contributed by atoms with Gasteiger partial charge < -0.3 is 14.1 Å². The number of fused-ring (bicyclic) bond motifs is 2. The molecule has 5 nitrogen and oxygen atoms in total. The molecule has 0 saturated carbocycles. The lowest BCUT2D eigenvalue weighted by atomic mass is 9.98. The van der Waals surface area contributed by atoms with Gasteiger partial charge in [0.15, 0.2) is 0 Å². The van der Waals surface area contributed by atoms with E-state index in [2.05, 4.69) is 4.98 Å². The van der Waals surface area contributed by atoms with Crippen LogP contribution in [-0.4, -0.2) is 24.1 Å². The number of aromatic nitrogens is 1. The highest BCUT2D eigenvalue weighted by Gasteiger charge is 2.37. The first-order chi connectivity index (χ1) is 13.8. The highest BCUT2D eigenvalue weighted by Crippen LogP contribution is 2.36. The molecule has 4 rings (SSSR count). The fraction of sp³-hybridized carbons (Fsp3) is 0.333. The second-order valence-corrected chi connectivity index (χ2v) is 6.90. The third-order valence-electron chi connectivity index (χ3n) is 5.11. The van der Waals surface area contributed by atoms with E-state index in [1.165, 1.54) is 6.20 Å². The normalized spacial score (nSPS) is 14.2. The Labute approximate surface area is 165 Å². The van der Waals surface area contributed by atoms with Crippen LogP contribution in [0.15, 0.2) is 34.9 Å². The fourth-order valence-electron chi connectivity index (χ4n) is 3.79. The zero-order chi connectivity index (χ0) is 20.8. The minimum Gasteiger partial charge on any atom is -0.462 e. The summed E-state index contributed by atoms with van der Waals surface area (Å²) in [6.45, 7) is 4.30. The number of anilines is 1. The SMILES string of the molecule is CCOC(=O)c1c(C)oc2ccc(N3CCc4ccnc(C(F)(F)F)c4C3)cc12. The highest BCUT2D eigenvalue weighted by molar-refractivity contribution is 6.05. The van der Waals surface area contributed by atoms with Crippen LogP contribution in [0.25, 0.3) is 11.0 Å². The molecule has 152 valence electrons. The first-order valence-corrected chi connectivity index (χ1v) is 9.28. The summed E-state index contributed by atoms with van der Waals surface area (Å²) in [6, 6.07) is 6.93. The van der Waals surface area contributed by atoms with Gasteiger partial charge in [-0.25, -0.2) is 4.79 Å². The molecule has 3 heterocycles. The molecule has 2 aromatic heterocycles. The van der Waals surface area contributed by atoms with Crippen LogP contribution in [0.3, 0.4) is 0 Å². The Bertz CT molecular complexity index is 1090. The van der Waals surface area contributed by atoms with E-state index < -0.39 is 17.8 Å². The topological polar surface area (TPSA) is 55.6 Å². The maximum absolute atomic E-state index is 13.4. The number of benzene rings is 1. The molecule has 0 radical (unpaired) electrons. The second kappa shape index (κ2) is 7.09. The lowest BCUT2D eigenvalue weighted by Gasteiger charge is -2.32. The summed E-state index contributed by atoms with van der Waals surface area (Å²) < 4.78 is 50.9. The summed E-state index contributed by atoms with van der Waals surface area (Å²) in [6.07, 6.45) is -2.81. The van der Waals surface area contributed by atoms with Crippen molar-refractivity contribution in [3.8, 4) is 0 Å². The predicted octanol–water partition coefficient (Wildman–Crippen LogP) is 4.89. The lowest BCUT2D eigenvalue weighted by molar-refractivity contribution is -0.141. The van der Waals surface area contributed by atoms with Gasteiger partial charge >= 0.3 is 12.1 Å². The first kappa shape index (κ1) is 19.3. The van der Waals surface area contributed by atoms with Crippen molar-refractivity contribution in [3.63, 3.8) is 0 Å². The van der Waals surface area contributed by atoms with Gasteiger partial charge in [0, 0.05) is 35.9 Å². The van der Waals surface area contributed by atoms with Gasteiger partial charge in [0.1, 0.15) is 22.6 Å². The van der Waals surface area contributed by atoms with Crippen molar-refractivity contribution in [1.29, 1.82) is 0 Å². The molecular formula is C21H19F3N2O3. The van der Waals surface area contributed by atoms with E-state index in [9.17, 15) is 18.0 Å². The van der Waals surface area contributed by atoms with Crippen LogP contribution in [0.1, 0.15) is 39.9 Å². The van der Waals surface area contributed by atoms with Gasteiger partial charge in [-0.05, 0) is 50.1 Å². The minimum atomic E-state index is -4.50. The van der Waals surface area contributed by atoms with Gasteiger partial charge in [0.2, 0.25) is 0 Å². The van der Waals surface area contributed by atoms with Crippen LogP contribution < -0.4 is 4.90 Å². The maximum Gasteiger partial charge on any atom is 0.433 e. The van der Waals surface area contributed by atoms with Crippen molar-refractivity contribution >= 4 is 22.6 Å². The molecule has 29 heavy (non-hydrogen) atoms. The number of alkyl halides is 3. The molecule has 0 bridgehead atoms. The molecule has 0 amide bonds. The van der Waals surface area contributed by atoms with Crippen molar-refractivity contribution in [2.24, 2.45) is 0 Å². The van der Waals surface area contributed by atoms with Crippen LogP contribution in [-0.2, 0) is 23.9 Å². The molecule has 3 aromatic rings. The molecular weight excluding hydrogens is 385 g/mol. The molecule has 1 aliphatic rings. The summed E-state index contributed by atoms with van der Waals surface area (Å²) in [4.78, 5) is 17.7. The average molecular weight is 404 g/mol. The van der Waals surface area contributed by atoms with Crippen molar-refractivity contribution in [3.05, 3.63) is 58.6 Å². The van der Waals surface area contributed by atoms with Crippen LogP contribution >= 0.6 is 0 Å². The highest BCUT2D eigenvalue weighted by atomic mass is 19.4. The Morgan fingerprint density at radius 1 is 1.31 bits per heavy atom. The number of ether oxygens (including phenoxy) is 1. The number of nitrogens with zero attached hydrogens (tertiary/aromatic N) is 2. The second-order valence-electron chi connectivity index (χ2n) is 6.90. The van der Waals surface area contributed by atoms with E-state index in [0.717, 1.165) is 0 Å². The standard InChI is InChI=1S/C21H19F3N2O3/c1-3-28-20(27)18-12(2)29-17-5-4-14(10-15(17)18)26-9-7-13-6-8-25-19(16(13)11-26)21(22,23)24/h4-6,8,10H,3,7,9,11H2,1-2H3. The Morgan fingerprint density at radius 3 is 2.83 bits per heavy atom. The maximum atomic E-state index is 13.4. The van der Waals surface area contributed by atoms with E-state index in [-0.39, 0.29) is 18.7 Å². The minimum absolute atomic E-state index is 0.0924. The summed E-state index contributed by atoms with van der Waals surface area (Å²) in [5.74, 6) is -0.0309. The van der Waals surface area contributed by atoms with E-state index in [4.69, 9.17) is 9.15 Å². The number of halogens is 3.